The van der Waals surface area contributed by atoms with Gasteiger partial charge in [0.1, 0.15) is 16.6 Å². The van der Waals surface area contributed by atoms with Crippen LogP contribution >= 0.6 is 22.9 Å². The zero-order valence-corrected chi connectivity index (χ0v) is 14.8. The predicted molar refractivity (Wildman–Crippen MR) is 103 cm³/mol. The van der Waals surface area contributed by atoms with Crippen molar-refractivity contribution in [1.82, 2.24) is 4.98 Å². The Labute approximate surface area is 158 Å². The minimum Gasteiger partial charge on any atom is -0.360 e. The number of rotatable bonds is 5. The van der Waals surface area contributed by atoms with Crippen LogP contribution in [0.5, 0.6) is 0 Å². The Hall–Kier alpha value is -3.21. The lowest BCUT2D eigenvalue weighted by molar-refractivity contribution is -0.384. The van der Waals surface area contributed by atoms with Gasteiger partial charge < -0.3 is 5.32 Å². The van der Waals surface area contributed by atoms with E-state index in [-0.39, 0.29) is 5.69 Å². The average molecular weight is 383 g/mol. The molecule has 3 rings (SSSR count). The number of nitro groups is 1. The average Bonchev–Trinajstić information content (AvgIpc) is 3.14. The molecule has 1 aromatic heterocycles. The van der Waals surface area contributed by atoms with Crippen LogP contribution in [-0.4, -0.2) is 9.91 Å². The highest BCUT2D eigenvalue weighted by atomic mass is 35.5. The van der Waals surface area contributed by atoms with Crippen LogP contribution in [0.3, 0.4) is 0 Å². The van der Waals surface area contributed by atoms with E-state index in [1.54, 1.807) is 48.0 Å². The molecule has 26 heavy (non-hydrogen) atoms. The van der Waals surface area contributed by atoms with Gasteiger partial charge >= 0.3 is 0 Å². The molecule has 2 aromatic carbocycles. The minimum atomic E-state index is -0.451. The molecule has 0 aliphatic carbocycles. The lowest BCUT2D eigenvalue weighted by Crippen LogP contribution is -1.91. The van der Waals surface area contributed by atoms with Gasteiger partial charge in [0.05, 0.1) is 10.6 Å². The molecule has 0 saturated heterocycles. The molecule has 0 spiro atoms. The fourth-order valence-electron chi connectivity index (χ4n) is 2.15. The quantitative estimate of drug-likeness (QED) is 0.365. The van der Waals surface area contributed by atoms with Crippen molar-refractivity contribution in [2.24, 2.45) is 0 Å². The molecule has 6 nitrogen and oxygen atoms in total. The first-order chi connectivity index (χ1) is 12.6. The number of nitrogens with zero attached hydrogens (tertiary/aromatic N) is 3. The van der Waals surface area contributed by atoms with E-state index in [9.17, 15) is 15.4 Å². The Bertz CT molecular complexity index is 1020. The fraction of sp³-hybridized carbons (Fsp3) is 0. The smallest absolute Gasteiger partial charge is 0.270 e. The number of nitriles is 1. The molecular weight excluding hydrogens is 372 g/mol. The maximum atomic E-state index is 10.9. The maximum absolute atomic E-state index is 10.9. The Morgan fingerprint density at radius 3 is 2.77 bits per heavy atom. The number of thiazole rings is 1. The summed E-state index contributed by atoms with van der Waals surface area (Å²) in [7, 11) is 0. The van der Waals surface area contributed by atoms with Gasteiger partial charge in [-0.25, -0.2) is 4.98 Å². The second-order valence-corrected chi connectivity index (χ2v) is 6.46. The number of halogens is 1. The molecule has 8 heteroatoms. The Morgan fingerprint density at radius 1 is 1.31 bits per heavy atom. The highest BCUT2D eigenvalue weighted by molar-refractivity contribution is 7.11. The zero-order chi connectivity index (χ0) is 18.5. The number of allylic oxidation sites excluding steroid dienone is 1. The number of hydrogen-bond acceptors (Lipinski definition) is 6. The number of aromatic nitrogens is 1. The molecule has 0 radical (unpaired) electrons. The van der Waals surface area contributed by atoms with E-state index in [0.29, 0.717) is 26.9 Å². The molecule has 0 atom stereocenters. The summed E-state index contributed by atoms with van der Waals surface area (Å²) in [4.78, 5) is 14.9. The number of nitrogens with one attached hydrogen (secondary N) is 1. The van der Waals surface area contributed by atoms with E-state index in [1.165, 1.54) is 23.5 Å². The first kappa shape index (κ1) is 17.6. The van der Waals surface area contributed by atoms with Gasteiger partial charge in [-0.2, -0.15) is 5.26 Å². The summed E-state index contributed by atoms with van der Waals surface area (Å²) in [6.45, 7) is 0. The van der Waals surface area contributed by atoms with Gasteiger partial charge in [0, 0.05) is 40.0 Å². The number of hydrogen-bond donors (Lipinski definition) is 1. The van der Waals surface area contributed by atoms with Crippen molar-refractivity contribution in [3.63, 3.8) is 0 Å². The van der Waals surface area contributed by atoms with E-state index in [0.717, 1.165) is 5.69 Å². The van der Waals surface area contributed by atoms with Crippen LogP contribution in [0.1, 0.15) is 5.01 Å². The van der Waals surface area contributed by atoms with Crippen LogP contribution in [0.2, 0.25) is 5.02 Å². The third-order valence-electron chi connectivity index (χ3n) is 3.44. The Balaban J connectivity index is 1.84. The molecule has 0 unspecified atom stereocenters. The zero-order valence-electron chi connectivity index (χ0n) is 13.2. The van der Waals surface area contributed by atoms with E-state index in [1.807, 2.05) is 0 Å². The first-order valence-electron chi connectivity index (χ1n) is 7.40. The molecule has 1 heterocycles. The topological polar surface area (TPSA) is 91.8 Å². The third-order valence-corrected chi connectivity index (χ3v) is 4.56. The molecule has 1 N–H and O–H groups in total. The maximum Gasteiger partial charge on any atom is 0.270 e. The van der Waals surface area contributed by atoms with Crippen LogP contribution in [-0.2, 0) is 0 Å². The summed E-state index contributed by atoms with van der Waals surface area (Å²) >= 11 is 7.14. The molecule has 3 aromatic rings. The van der Waals surface area contributed by atoms with Crippen molar-refractivity contribution < 1.29 is 4.92 Å². The van der Waals surface area contributed by atoms with Gasteiger partial charge in [0.25, 0.3) is 5.69 Å². The fourth-order valence-corrected chi connectivity index (χ4v) is 3.07. The number of benzene rings is 2. The summed E-state index contributed by atoms with van der Waals surface area (Å²) in [5.41, 5.74) is 2.36. The Kier molecular flexibility index (Phi) is 5.27. The molecule has 0 aliphatic rings. The largest absolute Gasteiger partial charge is 0.360 e. The van der Waals surface area contributed by atoms with E-state index in [4.69, 9.17) is 11.6 Å². The van der Waals surface area contributed by atoms with Crippen molar-refractivity contribution >= 4 is 39.9 Å². The summed E-state index contributed by atoms with van der Waals surface area (Å²) in [6.07, 6.45) is 1.57. The van der Waals surface area contributed by atoms with Crippen molar-refractivity contribution in [2.45, 2.75) is 0 Å². The van der Waals surface area contributed by atoms with Crippen LogP contribution < -0.4 is 5.32 Å². The van der Waals surface area contributed by atoms with Gasteiger partial charge in [0.15, 0.2) is 0 Å². The standard InChI is InChI=1S/C18H11ClN4O2S/c19-14-4-6-15(7-5-14)21-10-13(9-20)18-22-17(11-26-18)12-2-1-3-16(8-12)23(24)25/h1-8,10-11,21H/b13-10+. The normalized spacial score (nSPS) is 11.0. The van der Waals surface area contributed by atoms with E-state index in [2.05, 4.69) is 16.4 Å². The van der Waals surface area contributed by atoms with E-state index < -0.39 is 4.92 Å². The molecule has 0 amide bonds. The lowest BCUT2D eigenvalue weighted by atomic mass is 10.1. The van der Waals surface area contributed by atoms with Crippen molar-refractivity contribution in [2.75, 3.05) is 5.32 Å². The predicted octanol–water partition coefficient (Wildman–Crippen LogP) is 5.35. The number of nitro benzene ring substituents is 1. The van der Waals surface area contributed by atoms with Gasteiger partial charge in [-0.3, -0.25) is 10.1 Å². The van der Waals surface area contributed by atoms with Crippen molar-refractivity contribution in [3.05, 3.63) is 80.3 Å². The highest BCUT2D eigenvalue weighted by Gasteiger charge is 2.12. The Morgan fingerprint density at radius 2 is 2.08 bits per heavy atom. The van der Waals surface area contributed by atoms with Crippen LogP contribution in [0.15, 0.2) is 60.1 Å². The summed E-state index contributed by atoms with van der Waals surface area (Å²) in [6, 6.07) is 15.4. The van der Waals surface area contributed by atoms with Crippen LogP contribution in [0, 0.1) is 21.4 Å². The second-order valence-electron chi connectivity index (χ2n) is 5.17. The van der Waals surface area contributed by atoms with E-state index >= 15 is 0 Å². The summed E-state index contributed by atoms with van der Waals surface area (Å²) < 4.78 is 0. The first-order valence-corrected chi connectivity index (χ1v) is 8.65. The van der Waals surface area contributed by atoms with Gasteiger partial charge in [-0.15, -0.1) is 11.3 Å². The van der Waals surface area contributed by atoms with Crippen LogP contribution in [0.4, 0.5) is 11.4 Å². The molecule has 128 valence electrons. The molecule has 0 aliphatic heterocycles. The van der Waals surface area contributed by atoms with Gasteiger partial charge in [0.2, 0.25) is 0 Å². The number of non-ortho nitro benzene ring substituents is 1. The second kappa shape index (κ2) is 7.78. The highest BCUT2D eigenvalue weighted by Crippen LogP contribution is 2.28. The molecule has 0 fully saturated rings. The third kappa shape index (κ3) is 4.06. The van der Waals surface area contributed by atoms with Crippen molar-refractivity contribution in [3.8, 4) is 17.3 Å². The van der Waals surface area contributed by atoms with Crippen LogP contribution in [0.25, 0.3) is 16.8 Å². The SMILES string of the molecule is N#C/C(=C\Nc1ccc(Cl)cc1)c1nc(-c2cccc([N+](=O)[O-])c2)cs1. The van der Waals surface area contributed by atoms with Gasteiger partial charge in [-0.1, -0.05) is 23.7 Å². The molecular formula is C18H11ClN4O2S. The summed E-state index contributed by atoms with van der Waals surface area (Å²) in [5.74, 6) is 0. The van der Waals surface area contributed by atoms with Crippen molar-refractivity contribution in [1.29, 1.82) is 5.26 Å². The lowest BCUT2D eigenvalue weighted by Gasteiger charge is -2.01. The van der Waals surface area contributed by atoms with Gasteiger partial charge in [-0.05, 0) is 24.3 Å². The molecule has 0 saturated carbocycles. The minimum absolute atomic E-state index is 0.00231. The molecule has 0 bridgehead atoms. The summed E-state index contributed by atoms with van der Waals surface area (Å²) in [5, 5.41) is 26.2. The number of anilines is 1. The monoisotopic (exact) mass is 382 g/mol.